The van der Waals surface area contributed by atoms with E-state index in [0.29, 0.717) is 23.5 Å². The minimum absolute atomic E-state index is 0.0927. The van der Waals surface area contributed by atoms with Crippen LogP contribution in [-0.4, -0.2) is 18.4 Å². The Balaban J connectivity index is 1.85. The Morgan fingerprint density at radius 2 is 1.52 bits per heavy atom. The van der Waals surface area contributed by atoms with E-state index in [-0.39, 0.29) is 18.4 Å². The van der Waals surface area contributed by atoms with Gasteiger partial charge in [0.25, 0.3) is 5.91 Å². The molecule has 136 valence electrons. The van der Waals surface area contributed by atoms with Gasteiger partial charge in [-0.1, -0.05) is 48.5 Å². The number of amides is 2. The highest BCUT2D eigenvalue weighted by molar-refractivity contribution is 6.10. The SMILES string of the molecule is NCc1cccc(C(=O)N(CC(=O)Nc2ccccc2)c2ccccc2)c1. The molecule has 3 aromatic carbocycles. The largest absolute Gasteiger partial charge is 0.326 e. The lowest BCUT2D eigenvalue weighted by Gasteiger charge is -2.23. The van der Waals surface area contributed by atoms with Crippen molar-refractivity contribution < 1.29 is 9.59 Å². The van der Waals surface area contributed by atoms with E-state index in [4.69, 9.17) is 5.73 Å². The van der Waals surface area contributed by atoms with Crippen molar-refractivity contribution in [2.45, 2.75) is 6.54 Å². The Bertz CT molecular complexity index is 911. The quantitative estimate of drug-likeness (QED) is 0.708. The van der Waals surface area contributed by atoms with E-state index >= 15 is 0 Å². The zero-order valence-corrected chi connectivity index (χ0v) is 14.8. The Kier molecular flexibility index (Phi) is 5.97. The standard InChI is InChI=1S/C22H21N3O2/c23-15-17-8-7-9-18(14-17)22(27)25(20-12-5-2-6-13-20)16-21(26)24-19-10-3-1-4-11-19/h1-14H,15-16,23H2,(H,24,26). The van der Waals surface area contributed by atoms with Gasteiger partial charge in [-0.15, -0.1) is 0 Å². The fraction of sp³-hybridized carbons (Fsp3) is 0.0909. The number of nitrogens with one attached hydrogen (secondary N) is 1. The fourth-order valence-corrected chi connectivity index (χ4v) is 2.74. The number of nitrogens with zero attached hydrogens (tertiary/aromatic N) is 1. The van der Waals surface area contributed by atoms with Crippen LogP contribution in [0.4, 0.5) is 11.4 Å². The maximum Gasteiger partial charge on any atom is 0.258 e. The lowest BCUT2D eigenvalue weighted by Crippen LogP contribution is -2.38. The third kappa shape index (κ3) is 4.80. The van der Waals surface area contributed by atoms with Gasteiger partial charge in [-0.2, -0.15) is 0 Å². The zero-order valence-electron chi connectivity index (χ0n) is 14.8. The number of anilines is 2. The lowest BCUT2D eigenvalue weighted by molar-refractivity contribution is -0.114. The molecule has 0 unspecified atom stereocenters. The molecule has 2 amide bonds. The normalized spacial score (nSPS) is 10.3. The first-order chi connectivity index (χ1) is 13.2. The molecule has 0 atom stereocenters. The molecule has 3 rings (SSSR count). The predicted octanol–water partition coefficient (Wildman–Crippen LogP) is 3.43. The zero-order chi connectivity index (χ0) is 19.1. The molecule has 0 saturated heterocycles. The van der Waals surface area contributed by atoms with Gasteiger partial charge in [-0.05, 0) is 42.0 Å². The number of carbonyl (C=O) groups is 2. The highest BCUT2D eigenvalue weighted by Gasteiger charge is 2.21. The summed E-state index contributed by atoms with van der Waals surface area (Å²) in [5.74, 6) is -0.520. The smallest absolute Gasteiger partial charge is 0.258 e. The maximum absolute atomic E-state index is 13.1. The van der Waals surface area contributed by atoms with Crippen molar-refractivity contribution in [3.63, 3.8) is 0 Å². The fourth-order valence-electron chi connectivity index (χ4n) is 2.74. The number of rotatable bonds is 6. The van der Waals surface area contributed by atoms with Crippen LogP contribution in [0.2, 0.25) is 0 Å². The van der Waals surface area contributed by atoms with E-state index in [1.165, 1.54) is 4.90 Å². The second kappa shape index (κ2) is 8.78. The molecule has 0 aliphatic carbocycles. The summed E-state index contributed by atoms with van der Waals surface area (Å²) in [5, 5.41) is 2.82. The van der Waals surface area contributed by atoms with Crippen LogP contribution in [0, 0.1) is 0 Å². The topological polar surface area (TPSA) is 75.4 Å². The molecular weight excluding hydrogens is 338 g/mol. The van der Waals surface area contributed by atoms with Crippen LogP contribution in [0.15, 0.2) is 84.9 Å². The van der Waals surface area contributed by atoms with Crippen molar-refractivity contribution >= 4 is 23.2 Å². The molecule has 5 heteroatoms. The van der Waals surface area contributed by atoms with Gasteiger partial charge in [0, 0.05) is 23.5 Å². The summed E-state index contributed by atoms with van der Waals surface area (Å²) in [6.07, 6.45) is 0. The second-order valence-corrected chi connectivity index (χ2v) is 6.05. The van der Waals surface area contributed by atoms with E-state index in [1.807, 2.05) is 42.5 Å². The molecule has 0 aromatic heterocycles. The van der Waals surface area contributed by atoms with Crippen LogP contribution in [0.5, 0.6) is 0 Å². The van der Waals surface area contributed by atoms with Crippen molar-refractivity contribution in [3.05, 3.63) is 96.1 Å². The molecule has 27 heavy (non-hydrogen) atoms. The van der Waals surface area contributed by atoms with Crippen LogP contribution >= 0.6 is 0 Å². The van der Waals surface area contributed by atoms with E-state index in [0.717, 1.165) is 5.56 Å². The molecule has 0 saturated carbocycles. The summed E-state index contributed by atoms with van der Waals surface area (Å²) in [5.41, 5.74) is 8.39. The Labute approximate surface area is 158 Å². The van der Waals surface area contributed by atoms with Crippen LogP contribution in [0.25, 0.3) is 0 Å². The number of benzene rings is 3. The second-order valence-electron chi connectivity index (χ2n) is 6.05. The van der Waals surface area contributed by atoms with Gasteiger partial charge >= 0.3 is 0 Å². The minimum Gasteiger partial charge on any atom is -0.326 e. The number of nitrogens with two attached hydrogens (primary N) is 1. The number of hydrogen-bond donors (Lipinski definition) is 2. The van der Waals surface area contributed by atoms with Crippen molar-refractivity contribution in [1.29, 1.82) is 0 Å². The molecule has 3 N–H and O–H groups in total. The Morgan fingerprint density at radius 3 is 2.19 bits per heavy atom. The van der Waals surface area contributed by atoms with Crippen molar-refractivity contribution in [3.8, 4) is 0 Å². The molecular formula is C22H21N3O2. The average Bonchev–Trinajstić information content (AvgIpc) is 2.73. The first kappa shape index (κ1) is 18.4. The first-order valence-corrected chi connectivity index (χ1v) is 8.68. The lowest BCUT2D eigenvalue weighted by atomic mass is 10.1. The molecule has 0 bridgehead atoms. The highest BCUT2D eigenvalue weighted by atomic mass is 16.2. The molecule has 0 spiro atoms. The van der Waals surface area contributed by atoms with Crippen molar-refractivity contribution in [2.24, 2.45) is 5.73 Å². The summed E-state index contributed by atoms with van der Waals surface area (Å²) >= 11 is 0. The van der Waals surface area contributed by atoms with Crippen molar-refractivity contribution in [1.82, 2.24) is 0 Å². The monoisotopic (exact) mass is 359 g/mol. The van der Waals surface area contributed by atoms with Crippen molar-refractivity contribution in [2.75, 3.05) is 16.8 Å². The summed E-state index contributed by atoms with van der Waals surface area (Å²) in [4.78, 5) is 27.1. The van der Waals surface area contributed by atoms with Crippen LogP contribution in [0.1, 0.15) is 15.9 Å². The maximum atomic E-state index is 13.1. The number of hydrogen-bond acceptors (Lipinski definition) is 3. The van der Waals surface area contributed by atoms with Crippen LogP contribution in [0.3, 0.4) is 0 Å². The minimum atomic E-state index is -0.270. The van der Waals surface area contributed by atoms with E-state index < -0.39 is 0 Å². The molecule has 0 fully saturated rings. The number of para-hydroxylation sites is 2. The molecule has 0 heterocycles. The average molecular weight is 359 g/mol. The van der Waals surface area contributed by atoms with E-state index in [9.17, 15) is 9.59 Å². The summed E-state index contributed by atoms with van der Waals surface area (Å²) in [7, 11) is 0. The van der Waals surface area contributed by atoms with Gasteiger partial charge in [0.05, 0.1) is 0 Å². The van der Waals surface area contributed by atoms with E-state index in [1.54, 1.807) is 42.5 Å². The highest BCUT2D eigenvalue weighted by Crippen LogP contribution is 2.18. The van der Waals surface area contributed by atoms with Gasteiger partial charge in [0.15, 0.2) is 0 Å². The third-order valence-electron chi connectivity index (χ3n) is 4.08. The van der Waals surface area contributed by atoms with Gasteiger partial charge < -0.3 is 11.1 Å². The third-order valence-corrected chi connectivity index (χ3v) is 4.08. The Morgan fingerprint density at radius 1 is 0.852 bits per heavy atom. The van der Waals surface area contributed by atoms with Crippen LogP contribution < -0.4 is 16.0 Å². The number of carbonyl (C=O) groups excluding carboxylic acids is 2. The molecule has 0 aliphatic rings. The summed E-state index contributed by atoms with van der Waals surface area (Å²) < 4.78 is 0. The van der Waals surface area contributed by atoms with Gasteiger partial charge in [-0.25, -0.2) is 0 Å². The van der Waals surface area contributed by atoms with E-state index in [2.05, 4.69) is 5.32 Å². The molecule has 5 nitrogen and oxygen atoms in total. The van der Waals surface area contributed by atoms with Gasteiger partial charge in [0.2, 0.25) is 5.91 Å². The van der Waals surface area contributed by atoms with Gasteiger partial charge in [0.1, 0.15) is 6.54 Å². The first-order valence-electron chi connectivity index (χ1n) is 8.68. The van der Waals surface area contributed by atoms with Gasteiger partial charge in [-0.3, -0.25) is 14.5 Å². The van der Waals surface area contributed by atoms with Crippen LogP contribution in [-0.2, 0) is 11.3 Å². The predicted molar refractivity (Wildman–Crippen MR) is 108 cm³/mol. The Hall–Kier alpha value is -3.44. The summed E-state index contributed by atoms with van der Waals surface area (Å²) in [6, 6.07) is 25.5. The molecule has 0 aliphatic heterocycles. The molecule has 3 aromatic rings. The molecule has 0 radical (unpaired) electrons. The summed E-state index contributed by atoms with van der Waals surface area (Å²) in [6.45, 7) is 0.255.